The molecule has 3 heterocycles. The van der Waals surface area contributed by atoms with E-state index in [4.69, 9.17) is 4.98 Å². The van der Waals surface area contributed by atoms with Crippen molar-refractivity contribution in [3.63, 3.8) is 0 Å². The van der Waals surface area contributed by atoms with Gasteiger partial charge in [-0.25, -0.2) is 9.97 Å². The van der Waals surface area contributed by atoms with Crippen LogP contribution in [0.5, 0.6) is 0 Å². The molecular formula is C30H27N5O4S4. The summed E-state index contributed by atoms with van der Waals surface area (Å²) in [7, 11) is 1.71. The lowest BCUT2D eigenvalue weighted by atomic mass is 9.97. The van der Waals surface area contributed by atoms with Gasteiger partial charge >= 0.3 is 0 Å². The van der Waals surface area contributed by atoms with Gasteiger partial charge in [-0.1, -0.05) is 23.5 Å². The molecule has 0 saturated heterocycles. The van der Waals surface area contributed by atoms with E-state index >= 15 is 0 Å². The average molecular weight is 650 g/mol. The molecule has 2 N–H and O–H groups in total. The number of nitrogens with zero attached hydrogens (tertiary/aromatic N) is 3. The van der Waals surface area contributed by atoms with Crippen molar-refractivity contribution in [3.05, 3.63) is 68.8 Å². The number of hydrogen-bond acceptors (Lipinski definition) is 10. The molecule has 0 radical (unpaired) electrons. The van der Waals surface area contributed by atoms with E-state index in [1.165, 1.54) is 46.7 Å². The van der Waals surface area contributed by atoms with Crippen LogP contribution in [0.2, 0.25) is 0 Å². The highest BCUT2D eigenvalue weighted by Crippen LogP contribution is 2.35. The van der Waals surface area contributed by atoms with Crippen molar-refractivity contribution < 1.29 is 14.4 Å². The highest BCUT2D eigenvalue weighted by Gasteiger charge is 2.21. The molecule has 5 aromatic rings. The molecule has 0 aliphatic heterocycles. The summed E-state index contributed by atoms with van der Waals surface area (Å²) in [5.41, 5.74) is 3.77. The summed E-state index contributed by atoms with van der Waals surface area (Å²) in [5.74, 6) is -0.0937. The number of hydrogen-bond donors (Lipinski definition) is 2. The molecule has 0 saturated carbocycles. The predicted octanol–water partition coefficient (Wildman–Crippen LogP) is 6.15. The van der Waals surface area contributed by atoms with Crippen molar-refractivity contribution in [2.24, 2.45) is 7.05 Å². The second-order valence-electron chi connectivity index (χ2n) is 10.1. The van der Waals surface area contributed by atoms with Gasteiger partial charge in [0.25, 0.3) is 5.56 Å². The first-order valence-electron chi connectivity index (χ1n) is 13.6. The van der Waals surface area contributed by atoms with Gasteiger partial charge in [-0.2, -0.15) is 0 Å². The molecule has 3 aromatic heterocycles. The number of benzene rings is 2. The fourth-order valence-corrected chi connectivity index (χ4v) is 8.86. The van der Waals surface area contributed by atoms with Gasteiger partial charge in [0, 0.05) is 28.9 Å². The molecule has 0 spiro atoms. The zero-order valence-electron chi connectivity index (χ0n) is 23.4. The van der Waals surface area contributed by atoms with Crippen LogP contribution in [0, 0.1) is 0 Å². The number of aryl methyl sites for hydroxylation is 2. The molecule has 0 atom stereocenters. The van der Waals surface area contributed by atoms with Gasteiger partial charge in [0.1, 0.15) is 4.83 Å². The van der Waals surface area contributed by atoms with Gasteiger partial charge in [-0.05, 0) is 80.6 Å². The van der Waals surface area contributed by atoms with Gasteiger partial charge in [-0.3, -0.25) is 23.7 Å². The number of aromatic nitrogens is 3. The SMILES string of the molecule is CC(=O)c1ccc(NC(=O)CSc2nc3ccc(NC(=O)CSc4nc5sc6c(c5c(=O)n4C)CCCC6)cc3s2)cc1. The number of fused-ring (bicyclic) bond motifs is 4. The van der Waals surface area contributed by atoms with E-state index in [2.05, 4.69) is 15.6 Å². The lowest BCUT2D eigenvalue weighted by Gasteiger charge is -2.11. The highest BCUT2D eigenvalue weighted by molar-refractivity contribution is 8.01. The van der Waals surface area contributed by atoms with E-state index in [9.17, 15) is 19.2 Å². The Morgan fingerprint density at radius 1 is 0.907 bits per heavy atom. The van der Waals surface area contributed by atoms with Crippen LogP contribution in [0.1, 0.15) is 40.6 Å². The minimum absolute atomic E-state index is 0.0270. The number of Topliss-reactive ketones (excluding diaryl/α,β-unsaturated/α-hetero) is 1. The molecule has 9 nitrogen and oxygen atoms in total. The molecule has 13 heteroatoms. The van der Waals surface area contributed by atoms with E-state index in [-0.39, 0.29) is 34.7 Å². The van der Waals surface area contributed by atoms with E-state index < -0.39 is 0 Å². The molecular weight excluding hydrogens is 623 g/mol. The maximum Gasteiger partial charge on any atom is 0.262 e. The third-order valence-corrected chi connectivity index (χ3v) is 11.4. The number of carbonyl (C=O) groups is 3. The van der Waals surface area contributed by atoms with Crippen molar-refractivity contribution in [1.29, 1.82) is 0 Å². The number of rotatable bonds is 9. The number of carbonyl (C=O) groups excluding carboxylic acids is 3. The van der Waals surface area contributed by atoms with E-state index in [1.54, 1.807) is 53.3 Å². The zero-order valence-corrected chi connectivity index (χ0v) is 26.7. The van der Waals surface area contributed by atoms with Gasteiger partial charge in [0.15, 0.2) is 15.3 Å². The van der Waals surface area contributed by atoms with Crippen molar-refractivity contribution in [2.75, 3.05) is 22.1 Å². The Morgan fingerprint density at radius 2 is 1.60 bits per heavy atom. The molecule has 2 amide bonds. The topological polar surface area (TPSA) is 123 Å². The predicted molar refractivity (Wildman–Crippen MR) is 176 cm³/mol. The number of thiophene rings is 1. The third kappa shape index (κ3) is 6.54. The number of ketones is 1. The number of thioether (sulfide) groups is 2. The van der Waals surface area contributed by atoms with Crippen molar-refractivity contribution in [1.82, 2.24) is 14.5 Å². The lowest BCUT2D eigenvalue weighted by molar-refractivity contribution is -0.114. The molecule has 6 rings (SSSR count). The zero-order chi connectivity index (χ0) is 30.1. The van der Waals surface area contributed by atoms with Crippen LogP contribution in [0.15, 0.2) is 56.8 Å². The lowest BCUT2D eigenvalue weighted by Crippen LogP contribution is -2.21. The fraction of sp³-hybridized carbons (Fsp3) is 0.267. The highest BCUT2D eigenvalue weighted by atomic mass is 32.2. The van der Waals surface area contributed by atoms with Gasteiger partial charge in [0.2, 0.25) is 11.8 Å². The van der Waals surface area contributed by atoms with Crippen LogP contribution >= 0.6 is 46.2 Å². The van der Waals surface area contributed by atoms with E-state index in [0.29, 0.717) is 22.1 Å². The largest absolute Gasteiger partial charge is 0.325 e. The van der Waals surface area contributed by atoms with Crippen molar-refractivity contribution >= 4 is 95.6 Å². The van der Waals surface area contributed by atoms with Gasteiger partial charge in [-0.15, -0.1) is 22.7 Å². The Kier molecular flexibility index (Phi) is 8.66. The van der Waals surface area contributed by atoms with Crippen LogP contribution < -0.4 is 16.2 Å². The van der Waals surface area contributed by atoms with Crippen LogP contribution in [0.25, 0.3) is 20.4 Å². The minimum atomic E-state index is -0.198. The number of amides is 2. The Balaban J connectivity index is 1.05. The standard InChI is InChI=1S/C30H27N5O4S4/c1-16(36)17-7-9-18(10-8-17)31-25(38)15-41-30-33-21-12-11-19(13-23(21)43-30)32-24(37)14-40-29-34-27-26(28(39)35(29)2)20-5-3-4-6-22(20)42-27/h7-13H,3-6,14-15H2,1-2H3,(H,31,38)(H,32,37). The van der Waals surface area contributed by atoms with E-state index in [0.717, 1.165) is 56.0 Å². The summed E-state index contributed by atoms with van der Waals surface area (Å²) in [6.07, 6.45) is 4.18. The molecule has 0 bridgehead atoms. The normalized spacial score (nSPS) is 12.8. The molecule has 2 aromatic carbocycles. The molecule has 1 aliphatic rings. The average Bonchev–Trinajstić information content (AvgIpc) is 3.58. The van der Waals surface area contributed by atoms with Crippen molar-refractivity contribution in [3.8, 4) is 0 Å². The first-order valence-corrected chi connectivity index (χ1v) is 17.2. The third-order valence-electron chi connectivity index (χ3n) is 7.04. The first kappa shape index (κ1) is 29.5. The molecule has 220 valence electrons. The maximum atomic E-state index is 13.1. The number of nitrogens with one attached hydrogen (secondary N) is 2. The Morgan fingerprint density at radius 3 is 2.37 bits per heavy atom. The minimum Gasteiger partial charge on any atom is -0.325 e. The smallest absolute Gasteiger partial charge is 0.262 e. The number of thiazole rings is 1. The molecule has 0 unspecified atom stereocenters. The fourth-order valence-electron chi connectivity index (χ4n) is 4.88. The van der Waals surface area contributed by atoms with Gasteiger partial charge in [0.05, 0.1) is 27.1 Å². The summed E-state index contributed by atoms with van der Waals surface area (Å²) in [5, 5.41) is 7.03. The quantitative estimate of drug-likeness (QED) is 0.111. The maximum absolute atomic E-state index is 13.1. The summed E-state index contributed by atoms with van der Waals surface area (Å²) in [6, 6.07) is 12.3. The number of anilines is 2. The van der Waals surface area contributed by atoms with Crippen molar-refractivity contribution in [2.45, 2.75) is 42.1 Å². The van der Waals surface area contributed by atoms with Crippen LogP contribution in [0.3, 0.4) is 0 Å². The first-order chi connectivity index (χ1) is 20.7. The molecule has 1 aliphatic carbocycles. The Labute approximate surface area is 263 Å². The monoisotopic (exact) mass is 649 g/mol. The second kappa shape index (κ2) is 12.6. The Hall–Kier alpha value is -3.52. The summed E-state index contributed by atoms with van der Waals surface area (Å²) in [6.45, 7) is 1.50. The molecule has 43 heavy (non-hydrogen) atoms. The second-order valence-corrected chi connectivity index (χ2v) is 14.4. The molecule has 0 fully saturated rings. The van der Waals surface area contributed by atoms with E-state index in [1.807, 2.05) is 12.1 Å². The summed E-state index contributed by atoms with van der Waals surface area (Å²) >= 11 is 5.64. The van der Waals surface area contributed by atoms with Crippen LogP contribution in [0.4, 0.5) is 11.4 Å². The van der Waals surface area contributed by atoms with Crippen LogP contribution in [-0.4, -0.2) is 43.6 Å². The van der Waals surface area contributed by atoms with Crippen LogP contribution in [-0.2, 0) is 29.5 Å². The van der Waals surface area contributed by atoms with Gasteiger partial charge < -0.3 is 10.6 Å². The Bertz CT molecular complexity index is 1940. The summed E-state index contributed by atoms with van der Waals surface area (Å²) < 4.78 is 3.19. The summed E-state index contributed by atoms with van der Waals surface area (Å²) in [4.78, 5) is 61.1.